The number of hydrogen-bond donors (Lipinski definition) is 3. The van der Waals surface area contributed by atoms with Gasteiger partial charge in [-0.15, -0.1) is 0 Å². The molecule has 15 nitrogen and oxygen atoms in total. The molecule has 2 saturated heterocycles. The molecule has 3 atom stereocenters. The van der Waals surface area contributed by atoms with Crippen molar-refractivity contribution < 1.29 is 48.3 Å². The standard InChI is InChI=1S/C24H43N5O10/c1-17(30)39-23-18(13-25-22(23)24(34)35)29-11-9-27(15-20(32)37-3)7-5-26(14-19(31)36-2)6-8-28(10-12-29)16-21(33)38-4/h18,22-25,34-35H,5-16H2,1-4H3/t18-,22+,23+/m1/s1. The topological polar surface area (TPSA) is 171 Å². The van der Waals surface area contributed by atoms with Gasteiger partial charge in [0.1, 0.15) is 6.10 Å². The fourth-order valence-corrected chi connectivity index (χ4v) is 4.78. The number of nitrogens with one attached hydrogen (secondary N) is 1. The van der Waals surface area contributed by atoms with E-state index in [1.165, 1.54) is 28.3 Å². The Kier molecular flexibility index (Phi) is 14.0. The van der Waals surface area contributed by atoms with Crippen molar-refractivity contribution in [3.63, 3.8) is 0 Å². The molecule has 0 unspecified atom stereocenters. The Morgan fingerprint density at radius 3 is 1.46 bits per heavy atom. The highest BCUT2D eigenvalue weighted by Crippen LogP contribution is 2.21. The summed E-state index contributed by atoms with van der Waals surface area (Å²) in [7, 11) is 3.96. The van der Waals surface area contributed by atoms with E-state index in [9.17, 15) is 29.4 Å². The van der Waals surface area contributed by atoms with Gasteiger partial charge in [-0.2, -0.15) is 0 Å². The summed E-state index contributed by atoms with van der Waals surface area (Å²) < 4.78 is 20.1. The lowest BCUT2D eigenvalue weighted by molar-refractivity contribution is -0.157. The molecule has 2 fully saturated rings. The molecule has 39 heavy (non-hydrogen) atoms. The maximum absolute atomic E-state index is 12.1. The normalized spacial score (nSPS) is 24.9. The van der Waals surface area contributed by atoms with Crippen LogP contribution in [-0.4, -0.2) is 178 Å². The van der Waals surface area contributed by atoms with E-state index in [2.05, 4.69) is 10.2 Å². The zero-order valence-corrected chi connectivity index (χ0v) is 23.2. The van der Waals surface area contributed by atoms with E-state index in [4.69, 9.17) is 18.9 Å². The Balaban J connectivity index is 2.31. The van der Waals surface area contributed by atoms with Crippen molar-refractivity contribution in [3.8, 4) is 0 Å². The molecular formula is C24H43N5O10. The van der Waals surface area contributed by atoms with Gasteiger partial charge in [-0.1, -0.05) is 0 Å². The van der Waals surface area contributed by atoms with Crippen LogP contribution in [0.1, 0.15) is 6.92 Å². The molecule has 0 saturated carbocycles. The Morgan fingerprint density at radius 1 is 0.744 bits per heavy atom. The molecule has 0 spiro atoms. The number of aliphatic hydroxyl groups is 2. The lowest BCUT2D eigenvalue weighted by atomic mass is 10.1. The van der Waals surface area contributed by atoms with Crippen LogP contribution in [0.5, 0.6) is 0 Å². The second-order valence-electron chi connectivity index (χ2n) is 9.58. The largest absolute Gasteiger partial charge is 0.468 e. The van der Waals surface area contributed by atoms with Gasteiger partial charge in [0, 0.05) is 65.8 Å². The predicted molar refractivity (Wildman–Crippen MR) is 136 cm³/mol. The summed E-state index contributed by atoms with van der Waals surface area (Å²) >= 11 is 0. The minimum absolute atomic E-state index is 0.0408. The van der Waals surface area contributed by atoms with E-state index in [0.717, 1.165) is 0 Å². The van der Waals surface area contributed by atoms with E-state index >= 15 is 0 Å². The summed E-state index contributed by atoms with van der Waals surface area (Å²) in [5, 5.41) is 22.8. The molecule has 0 aliphatic carbocycles. The summed E-state index contributed by atoms with van der Waals surface area (Å²) in [5.74, 6) is -1.74. The van der Waals surface area contributed by atoms with Gasteiger partial charge in [0.15, 0.2) is 6.29 Å². The number of hydrogen-bond acceptors (Lipinski definition) is 15. The molecule has 0 aromatic carbocycles. The van der Waals surface area contributed by atoms with E-state index in [1.54, 1.807) is 0 Å². The van der Waals surface area contributed by atoms with Crippen LogP contribution in [0.2, 0.25) is 0 Å². The number of methoxy groups -OCH3 is 3. The van der Waals surface area contributed by atoms with Crippen LogP contribution in [0, 0.1) is 0 Å². The first kappa shape index (κ1) is 32.8. The van der Waals surface area contributed by atoms with Gasteiger partial charge < -0.3 is 34.5 Å². The molecule has 0 bridgehead atoms. The summed E-state index contributed by atoms with van der Waals surface area (Å²) in [6.45, 7) is 5.32. The minimum atomic E-state index is -1.74. The molecular weight excluding hydrogens is 518 g/mol. The first-order chi connectivity index (χ1) is 18.6. The van der Waals surface area contributed by atoms with Crippen LogP contribution < -0.4 is 5.32 Å². The smallest absolute Gasteiger partial charge is 0.319 e. The van der Waals surface area contributed by atoms with Crippen molar-refractivity contribution >= 4 is 23.9 Å². The molecule has 0 aromatic rings. The second-order valence-corrected chi connectivity index (χ2v) is 9.58. The molecule has 2 rings (SSSR count). The van der Waals surface area contributed by atoms with Crippen LogP contribution in [0.4, 0.5) is 0 Å². The van der Waals surface area contributed by atoms with Gasteiger partial charge in [-0.05, 0) is 0 Å². The van der Waals surface area contributed by atoms with Gasteiger partial charge >= 0.3 is 23.9 Å². The highest BCUT2D eigenvalue weighted by Gasteiger charge is 2.44. The third kappa shape index (κ3) is 10.9. The molecule has 2 aliphatic rings. The number of carbonyl (C=O) groups is 4. The molecule has 2 heterocycles. The number of aliphatic hydroxyl groups excluding tert-OH is 1. The van der Waals surface area contributed by atoms with Gasteiger partial charge in [0.2, 0.25) is 0 Å². The maximum atomic E-state index is 12.1. The van der Waals surface area contributed by atoms with Gasteiger partial charge in [0.25, 0.3) is 0 Å². The monoisotopic (exact) mass is 561 g/mol. The highest BCUT2D eigenvalue weighted by molar-refractivity contribution is 5.72. The molecule has 0 radical (unpaired) electrons. The van der Waals surface area contributed by atoms with Crippen molar-refractivity contribution in [2.75, 3.05) is 99.9 Å². The van der Waals surface area contributed by atoms with Gasteiger partial charge in [-0.25, -0.2) is 0 Å². The molecule has 2 aliphatic heterocycles. The van der Waals surface area contributed by atoms with Crippen molar-refractivity contribution in [2.24, 2.45) is 0 Å². The van der Waals surface area contributed by atoms with Crippen molar-refractivity contribution in [2.45, 2.75) is 31.4 Å². The van der Waals surface area contributed by atoms with Crippen molar-refractivity contribution in [3.05, 3.63) is 0 Å². The Labute approximate surface area is 228 Å². The molecule has 224 valence electrons. The van der Waals surface area contributed by atoms with Gasteiger partial charge in [-0.3, -0.25) is 38.8 Å². The van der Waals surface area contributed by atoms with E-state index in [-0.39, 0.29) is 25.7 Å². The Hall–Kier alpha value is -2.40. The molecule has 3 N–H and O–H groups in total. The van der Waals surface area contributed by atoms with Crippen LogP contribution in [0.3, 0.4) is 0 Å². The average molecular weight is 562 g/mol. The Bertz CT molecular complexity index is 782. The highest BCUT2D eigenvalue weighted by atomic mass is 16.6. The zero-order valence-electron chi connectivity index (χ0n) is 23.2. The molecule has 15 heteroatoms. The predicted octanol–water partition coefficient (Wildman–Crippen LogP) is -3.69. The number of esters is 4. The summed E-state index contributed by atoms with van der Waals surface area (Å²) in [6.07, 6.45) is -2.56. The minimum Gasteiger partial charge on any atom is -0.468 e. The summed E-state index contributed by atoms with van der Waals surface area (Å²) in [6, 6.07) is -1.26. The third-order valence-corrected chi connectivity index (χ3v) is 7.00. The van der Waals surface area contributed by atoms with E-state index in [0.29, 0.717) is 58.9 Å². The van der Waals surface area contributed by atoms with E-state index < -0.39 is 42.3 Å². The molecule has 0 aromatic heterocycles. The zero-order chi connectivity index (χ0) is 28.9. The lowest BCUT2D eigenvalue weighted by Gasteiger charge is -2.37. The SMILES string of the molecule is COC(=O)CN1CCN(CC(=O)OC)CCN([C@@H]2CN[C@H](C(O)O)[C@H]2OC(C)=O)CCN(CC(=O)OC)CC1. The number of carbonyl (C=O) groups excluding carboxylic acids is 4. The number of rotatable bonds is 9. The first-order valence-corrected chi connectivity index (χ1v) is 13.0. The van der Waals surface area contributed by atoms with Crippen LogP contribution in [0.15, 0.2) is 0 Å². The Morgan fingerprint density at radius 2 is 1.13 bits per heavy atom. The second kappa shape index (κ2) is 16.6. The van der Waals surface area contributed by atoms with Crippen LogP contribution in [-0.2, 0) is 38.1 Å². The maximum Gasteiger partial charge on any atom is 0.319 e. The van der Waals surface area contributed by atoms with Crippen molar-refractivity contribution in [1.82, 2.24) is 24.9 Å². The number of ether oxygens (including phenoxy) is 4. The quantitative estimate of drug-likeness (QED) is 0.143. The number of nitrogens with zero attached hydrogens (tertiary/aromatic N) is 4. The molecule has 0 amide bonds. The summed E-state index contributed by atoms with van der Waals surface area (Å²) in [5.41, 5.74) is 0. The third-order valence-electron chi connectivity index (χ3n) is 7.00. The summed E-state index contributed by atoms with van der Waals surface area (Å²) in [4.78, 5) is 55.9. The fraction of sp³-hybridized carbons (Fsp3) is 0.833. The van der Waals surface area contributed by atoms with Gasteiger partial charge in [0.05, 0.1) is 53.0 Å². The van der Waals surface area contributed by atoms with E-state index in [1.807, 2.05) is 14.7 Å². The first-order valence-electron chi connectivity index (χ1n) is 13.0. The lowest BCUT2D eigenvalue weighted by Crippen LogP contribution is -2.54. The van der Waals surface area contributed by atoms with Crippen molar-refractivity contribution in [1.29, 1.82) is 0 Å². The fourth-order valence-electron chi connectivity index (χ4n) is 4.78. The van der Waals surface area contributed by atoms with Crippen LogP contribution in [0.25, 0.3) is 0 Å². The average Bonchev–Trinajstić information content (AvgIpc) is 3.30. The van der Waals surface area contributed by atoms with Crippen LogP contribution >= 0.6 is 0 Å².